The van der Waals surface area contributed by atoms with E-state index in [1.807, 2.05) is 60.7 Å². The van der Waals surface area contributed by atoms with Crippen LogP contribution < -0.4 is 15.4 Å². The minimum Gasteiger partial charge on any atom is -0.487 e. The van der Waals surface area contributed by atoms with Gasteiger partial charge in [-0.05, 0) is 59.2 Å². The number of nitrogens with one attached hydrogen (secondary N) is 2. The van der Waals surface area contributed by atoms with E-state index in [2.05, 4.69) is 46.0 Å². The molecule has 0 saturated carbocycles. The highest BCUT2D eigenvalue weighted by atomic mass is 35.5. The molecule has 0 saturated heterocycles. The van der Waals surface area contributed by atoms with Crippen molar-refractivity contribution in [3.8, 4) is 5.75 Å². The number of hydrogen-bond donors (Lipinski definition) is 2. The van der Waals surface area contributed by atoms with E-state index in [1.165, 1.54) is 6.92 Å². The Morgan fingerprint density at radius 2 is 1.71 bits per heavy atom. The lowest BCUT2D eigenvalue weighted by Gasteiger charge is -2.12. The van der Waals surface area contributed by atoms with Crippen molar-refractivity contribution in [1.29, 1.82) is 0 Å². The monoisotopic (exact) mass is 485 g/mol. The second-order valence-electron chi connectivity index (χ2n) is 8.19. The maximum atomic E-state index is 11.1. The molecule has 0 bridgehead atoms. The lowest BCUT2D eigenvalue weighted by molar-refractivity contribution is -0.118. The first-order chi connectivity index (χ1) is 17.1. The van der Waals surface area contributed by atoms with E-state index in [1.54, 1.807) is 0 Å². The number of carbonyl (C=O) groups is 1. The van der Waals surface area contributed by atoms with Crippen LogP contribution in [0.5, 0.6) is 5.75 Å². The van der Waals surface area contributed by atoms with Gasteiger partial charge >= 0.3 is 0 Å². The molecule has 1 aromatic heterocycles. The number of nitrogens with zero attached hydrogens (tertiary/aromatic N) is 1. The standard InChI is InChI=1S/C29H28ClN3O2/c1-21(34)32-17-16-31-19-25(18-22-6-11-26(30)12-7-22)23-9-14-28(15-10-23)35-20-27-13-8-24-4-2-3-5-29(24)33-27/h2-15,18,31H,16-17,19-20H2,1H3,(H,32,34)/b25-18-. The average molecular weight is 486 g/mol. The zero-order chi connectivity index (χ0) is 24.5. The lowest BCUT2D eigenvalue weighted by atomic mass is 10.0. The van der Waals surface area contributed by atoms with Crippen LogP contribution >= 0.6 is 11.6 Å². The molecule has 3 aromatic carbocycles. The van der Waals surface area contributed by atoms with Crippen LogP contribution in [0.25, 0.3) is 22.6 Å². The van der Waals surface area contributed by atoms with Crippen LogP contribution in [0.3, 0.4) is 0 Å². The van der Waals surface area contributed by atoms with Gasteiger partial charge in [0.05, 0.1) is 11.2 Å². The summed E-state index contributed by atoms with van der Waals surface area (Å²) in [5, 5.41) is 8.03. The minimum atomic E-state index is -0.0294. The summed E-state index contributed by atoms with van der Waals surface area (Å²) in [4.78, 5) is 15.8. The van der Waals surface area contributed by atoms with Crippen LogP contribution in [0.2, 0.25) is 5.02 Å². The molecule has 4 rings (SSSR count). The van der Waals surface area contributed by atoms with Gasteiger partial charge in [-0.3, -0.25) is 4.79 Å². The summed E-state index contributed by atoms with van der Waals surface area (Å²) in [5.41, 5.74) is 5.13. The number of carbonyl (C=O) groups excluding carboxylic acids is 1. The molecule has 4 aromatic rings. The predicted molar refractivity (Wildman–Crippen MR) is 143 cm³/mol. The molecule has 0 aliphatic carbocycles. The third-order valence-electron chi connectivity index (χ3n) is 5.47. The van der Waals surface area contributed by atoms with Crippen LogP contribution in [0.4, 0.5) is 0 Å². The summed E-state index contributed by atoms with van der Waals surface area (Å²) in [6.45, 7) is 3.84. The van der Waals surface area contributed by atoms with Gasteiger partial charge in [-0.15, -0.1) is 0 Å². The normalized spacial score (nSPS) is 11.4. The summed E-state index contributed by atoms with van der Waals surface area (Å²) in [5.74, 6) is 0.756. The fourth-order valence-electron chi connectivity index (χ4n) is 3.66. The molecule has 6 heteroatoms. The third kappa shape index (κ3) is 7.41. The van der Waals surface area contributed by atoms with Crippen molar-refractivity contribution in [3.05, 3.63) is 107 Å². The van der Waals surface area contributed by atoms with E-state index in [0.717, 1.165) is 39.0 Å². The number of amides is 1. The summed E-state index contributed by atoms with van der Waals surface area (Å²) < 4.78 is 5.99. The van der Waals surface area contributed by atoms with Gasteiger partial charge in [0.2, 0.25) is 5.91 Å². The topological polar surface area (TPSA) is 63.2 Å². The van der Waals surface area contributed by atoms with E-state index < -0.39 is 0 Å². The summed E-state index contributed by atoms with van der Waals surface area (Å²) in [6.07, 6.45) is 2.14. The fraction of sp³-hybridized carbons (Fsp3) is 0.172. The van der Waals surface area contributed by atoms with Gasteiger partial charge < -0.3 is 15.4 Å². The van der Waals surface area contributed by atoms with E-state index in [9.17, 15) is 4.79 Å². The molecule has 1 amide bonds. The van der Waals surface area contributed by atoms with Crippen molar-refractivity contribution in [1.82, 2.24) is 15.6 Å². The molecule has 0 spiro atoms. The molecule has 2 N–H and O–H groups in total. The van der Waals surface area contributed by atoms with Crippen LogP contribution in [0, 0.1) is 0 Å². The van der Waals surface area contributed by atoms with Crippen molar-refractivity contribution in [2.75, 3.05) is 19.6 Å². The van der Waals surface area contributed by atoms with E-state index in [-0.39, 0.29) is 5.91 Å². The van der Waals surface area contributed by atoms with Gasteiger partial charge in [0.25, 0.3) is 0 Å². The number of halogens is 1. The number of hydrogen-bond acceptors (Lipinski definition) is 4. The van der Waals surface area contributed by atoms with Gasteiger partial charge in [0.1, 0.15) is 12.4 Å². The third-order valence-corrected chi connectivity index (χ3v) is 5.72. The maximum absolute atomic E-state index is 11.1. The van der Waals surface area contributed by atoms with E-state index >= 15 is 0 Å². The molecule has 0 aliphatic rings. The predicted octanol–water partition coefficient (Wildman–Crippen LogP) is 5.73. The zero-order valence-electron chi connectivity index (χ0n) is 19.6. The Morgan fingerprint density at radius 1 is 0.943 bits per heavy atom. The Balaban J connectivity index is 1.43. The van der Waals surface area contributed by atoms with Crippen molar-refractivity contribution in [2.24, 2.45) is 0 Å². The Kier molecular flexibility index (Phi) is 8.49. The van der Waals surface area contributed by atoms with Crippen LogP contribution in [-0.2, 0) is 11.4 Å². The lowest BCUT2D eigenvalue weighted by Crippen LogP contribution is -2.30. The van der Waals surface area contributed by atoms with Gasteiger partial charge in [-0.25, -0.2) is 4.98 Å². The van der Waals surface area contributed by atoms with Crippen molar-refractivity contribution >= 4 is 40.1 Å². The van der Waals surface area contributed by atoms with Crippen molar-refractivity contribution in [3.63, 3.8) is 0 Å². The molecular formula is C29H28ClN3O2. The number of aromatic nitrogens is 1. The Bertz CT molecular complexity index is 1300. The highest BCUT2D eigenvalue weighted by molar-refractivity contribution is 6.30. The molecule has 35 heavy (non-hydrogen) atoms. The molecular weight excluding hydrogens is 458 g/mol. The fourth-order valence-corrected chi connectivity index (χ4v) is 3.78. The summed E-state index contributed by atoms with van der Waals surface area (Å²) in [6, 6.07) is 27.9. The average Bonchev–Trinajstić information content (AvgIpc) is 2.88. The van der Waals surface area contributed by atoms with Gasteiger partial charge in [-0.1, -0.05) is 60.1 Å². The molecule has 1 heterocycles. The summed E-state index contributed by atoms with van der Waals surface area (Å²) in [7, 11) is 0. The van der Waals surface area contributed by atoms with Gasteiger partial charge in [-0.2, -0.15) is 0 Å². The van der Waals surface area contributed by atoms with Crippen molar-refractivity contribution < 1.29 is 9.53 Å². The second-order valence-corrected chi connectivity index (χ2v) is 8.63. The molecule has 0 aliphatic heterocycles. The number of pyridine rings is 1. The molecule has 178 valence electrons. The van der Waals surface area contributed by atoms with Crippen molar-refractivity contribution in [2.45, 2.75) is 13.5 Å². The van der Waals surface area contributed by atoms with Crippen LogP contribution in [0.15, 0.2) is 84.9 Å². The molecule has 0 unspecified atom stereocenters. The first kappa shape index (κ1) is 24.5. The molecule has 0 atom stereocenters. The summed E-state index contributed by atoms with van der Waals surface area (Å²) >= 11 is 6.04. The second kappa shape index (κ2) is 12.2. The van der Waals surface area contributed by atoms with E-state index in [4.69, 9.17) is 16.3 Å². The quantitative estimate of drug-likeness (QED) is 0.222. The highest BCUT2D eigenvalue weighted by Gasteiger charge is 2.05. The SMILES string of the molecule is CC(=O)NCCNC/C(=C/c1ccc(Cl)cc1)c1ccc(OCc2ccc3ccccc3n2)cc1. The number of rotatable bonds is 10. The van der Waals surface area contributed by atoms with Crippen LogP contribution in [-0.4, -0.2) is 30.5 Å². The molecule has 0 radical (unpaired) electrons. The first-order valence-corrected chi connectivity index (χ1v) is 11.9. The largest absolute Gasteiger partial charge is 0.487 e. The van der Waals surface area contributed by atoms with E-state index in [0.29, 0.717) is 31.3 Å². The van der Waals surface area contributed by atoms with Gasteiger partial charge in [0.15, 0.2) is 0 Å². The number of para-hydroxylation sites is 1. The molecule has 5 nitrogen and oxygen atoms in total. The number of ether oxygens (including phenoxy) is 1. The highest BCUT2D eigenvalue weighted by Crippen LogP contribution is 2.23. The van der Waals surface area contributed by atoms with Gasteiger partial charge in [0, 0.05) is 37.0 Å². The molecule has 0 fully saturated rings. The first-order valence-electron chi connectivity index (χ1n) is 11.6. The maximum Gasteiger partial charge on any atom is 0.216 e. The Labute approximate surface area is 210 Å². The van der Waals surface area contributed by atoms with Crippen LogP contribution in [0.1, 0.15) is 23.7 Å². The number of fused-ring (bicyclic) bond motifs is 1. The Hall–Kier alpha value is -3.67. The number of benzene rings is 3. The Morgan fingerprint density at radius 3 is 2.49 bits per heavy atom. The smallest absolute Gasteiger partial charge is 0.216 e. The zero-order valence-corrected chi connectivity index (χ0v) is 20.4. The minimum absolute atomic E-state index is 0.0294.